The molecule has 2 fully saturated rings. The molecule has 0 saturated heterocycles. The number of aromatic nitrogens is 2. The maximum absolute atomic E-state index is 12.6. The average Bonchev–Trinajstić information content (AvgIpc) is 2.87. The van der Waals surface area contributed by atoms with E-state index >= 15 is 0 Å². The summed E-state index contributed by atoms with van der Waals surface area (Å²) >= 11 is 3.43. The molecule has 174 valence electrons. The molecule has 0 aliphatic heterocycles. The topological polar surface area (TPSA) is 105 Å². The Morgan fingerprint density at radius 2 is 1.88 bits per heavy atom. The second-order valence-electron chi connectivity index (χ2n) is 9.02. The molecule has 1 spiro atoms. The smallest absolute Gasteiger partial charge is 0.328 e. The molecule has 2 aromatic heterocycles. The Labute approximate surface area is 205 Å². The van der Waals surface area contributed by atoms with Gasteiger partial charge in [-0.1, -0.05) is 47.3 Å². The lowest BCUT2D eigenvalue weighted by Gasteiger charge is -2.47. The fourth-order valence-corrected chi connectivity index (χ4v) is 6.05. The molecule has 0 unspecified atom stereocenters. The van der Waals surface area contributed by atoms with Gasteiger partial charge in [0.2, 0.25) is 0 Å². The van der Waals surface area contributed by atoms with Crippen LogP contribution < -0.4 is 5.32 Å². The molecule has 2 atom stereocenters. The highest BCUT2D eigenvalue weighted by Crippen LogP contribution is 2.49. The van der Waals surface area contributed by atoms with Crippen molar-refractivity contribution in [2.45, 2.75) is 49.4 Å². The third kappa shape index (κ3) is 4.11. The van der Waals surface area contributed by atoms with Gasteiger partial charge < -0.3 is 10.4 Å². The normalized spacial score (nSPS) is 21.4. The first kappa shape index (κ1) is 22.7. The highest BCUT2D eigenvalue weighted by atomic mass is 79.9. The zero-order valence-corrected chi connectivity index (χ0v) is 20.2. The molecule has 0 bridgehead atoms. The first-order valence-corrected chi connectivity index (χ1v) is 12.4. The van der Waals surface area contributed by atoms with Gasteiger partial charge in [-0.15, -0.1) is 0 Å². The fourth-order valence-electron chi connectivity index (χ4n) is 5.05. The number of carbonyl (C=O) groups is 2. The Kier molecular flexibility index (Phi) is 6.16. The summed E-state index contributed by atoms with van der Waals surface area (Å²) < 4.78 is 0. The predicted octanol–water partition coefficient (Wildman–Crippen LogP) is 5.11. The van der Waals surface area contributed by atoms with Crippen LogP contribution in [0.1, 0.15) is 37.7 Å². The number of ketones is 1. The number of nitrogens with zero attached hydrogens (tertiary/aromatic N) is 3. The summed E-state index contributed by atoms with van der Waals surface area (Å²) in [5.41, 5.74) is 1.88. The lowest BCUT2D eigenvalue weighted by atomic mass is 9.58. The number of Topliss-reactive ketones (excluding diaryl/α,β-unsaturated/α-hetero) is 1. The van der Waals surface area contributed by atoms with Crippen LogP contribution in [0.2, 0.25) is 0 Å². The molecule has 0 radical (unpaired) electrons. The molecule has 2 aliphatic rings. The minimum Gasteiger partial charge on any atom is -0.480 e. The third-order valence-corrected chi connectivity index (χ3v) is 7.78. The van der Waals surface area contributed by atoms with Gasteiger partial charge in [-0.05, 0) is 48.1 Å². The lowest BCUT2D eigenvalue weighted by molar-refractivity contribution is -0.138. The molecule has 0 amide bonds. The molecular formula is C26H25BrN4O3. The van der Waals surface area contributed by atoms with E-state index in [4.69, 9.17) is 0 Å². The van der Waals surface area contributed by atoms with Crippen LogP contribution in [-0.2, 0) is 16.0 Å². The fraction of sp³-hybridized carbons (Fsp3) is 0.346. The summed E-state index contributed by atoms with van der Waals surface area (Å²) in [6, 6.07) is 10.5. The lowest BCUT2D eigenvalue weighted by Crippen LogP contribution is -2.61. The van der Waals surface area contributed by atoms with Gasteiger partial charge in [-0.2, -0.15) is 0 Å². The number of carboxylic acids is 1. The Bertz CT molecular complexity index is 1260. The maximum Gasteiger partial charge on any atom is 0.328 e. The van der Waals surface area contributed by atoms with Gasteiger partial charge >= 0.3 is 5.97 Å². The molecule has 2 N–H and O–H groups in total. The quantitative estimate of drug-likeness (QED) is 0.437. The molecule has 34 heavy (non-hydrogen) atoms. The predicted molar refractivity (Wildman–Crippen MR) is 135 cm³/mol. The van der Waals surface area contributed by atoms with Crippen molar-refractivity contribution < 1.29 is 14.7 Å². The molecule has 7 nitrogen and oxygen atoms in total. The van der Waals surface area contributed by atoms with Gasteiger partial charge in [0.05, 0.1) is 5.41 Å². The zero-order chi connectivity index (χ0) is 23.7. The van der Waals surface area contributed by atoms with E-state index in [1.807, 2.05) is 36.4 Å². The highest BCUT2D eigenvalue weighted by Gasteiger charge is 2.58. The van der Waals surface area contributed by atoms with Crippen LogP contribution in [0.3, 0.4) is 0 Å². The minimum atomic E-state index is -0.979. The van der Waals surface area contributed by atoms with E-state index in [1.165, 1.54) is 0 Å². The van der Waals surface area contributed by atoms with Crippen molar-refractivity contribution in [1.82, 2.24) is 9.97 Å². The summed E-state index contributed by atoms with van der Waals surface area (Å²) in [6.45, 7) is 0. The molecule has 2 heterocycles. The van der Waals surface area contributed by atoms with Gasteiger partial charge in [0, 0.05) is 41.8 Å². The zero-order valence-electron chi connectivity index (χ0n) is 18.6. The average molecular weight is 521 g/mol. The standard InChI is InChI=1S/C26H25BrN4O3/c27-21-22(26(23(21)32)10-2-1-3-11-26)31-20(25(33)34)14-16-4-6-18(7-5-16)30-24-19-15-28-12-8-17(19)9-13-29-24/h4-9,12-13,15,20-21H,1-3,10-11,14H2,(H,29,30)(H,33,34)/t20-,21-/m0/s1. The highest BCUT2D eigenvalue weighted by molar-refractivity contribution is 9.10. The molecule has 3 aromatic rings. The molecule has 2 aliphatic carbocycles. The number of alkyl halides is 1. The number of carbonyl (C=O) groups excluding carboxylic acids is 1. The number of fused-ring (bicyclic) bond motifs is 1. The van der Waals surface area contributed by atoms with Crippen molar-refractivity contribution in [2.75, 3.05) is 5.32 Å². The van der Waals surface area contributed by atoms with E-state index in [-0.39, 0.29) is 12.2 Å². The number of rotatable bonds is 6. The van der Waals surface area contributed by atoms with Crippen LogP contribution in [0, 0.1) is 5.41 Å². The van der Waals surface area contributed by atoms with Gasteiger partial charge in [-0.25, -0.2) is 9.78 Å². The second kappa shape index (κ2) is 9.25. The third-order valence-electron chi connectivity index (χ3n) is 6.93. The van der Waals surface area contributed by atoms with Crippen molar-refractivity contribution in [3.8, 4) is 0 Å². The van der Waals surface area contributed by atoms with Gasteiger partial charge in [0.15, 0.2) is 11.8 Å². The molecular weight excluding hydrogens is 496 g/mol. The molecule has 8 heteroatoms. The van der Waals surface area contributed by atoms with Crippen LogP contribution in [0.25, 0.3) is 10.8 Å². The monoisotopic (exact) mass is 520 g/mol. The number of carboxylic acid groups (broad SMARTS) is 1. The van der Waals surface area contributed by atoms with Crippen LogP contribution in [0.4, 0.5) is 11.5 Å². The SMILES string of the molecule is O=C(O)[C@H](Cc1ccc(Nc2nccc3ccncc23)cc1)N=C1[C@H](Br)C(=O)C12CCCCC2. The van der Waals surface area contributed by atoms with E-state index in [2.05, 4.69) is 36.2 Å². The molecule has 5 rings (SSSR count). The van der Waals surface area contributed by atoms with E-state index in [0.717, 1.165) is 59.8 Å². The van der Waals surface area contributed by atoms with E-state index in [1.54, 1.807) is 18.6 Å². The van der Waals surface area contributed by atoms with Crippen molar-refractivity contribution in [3.63, 3.8) is 0 Å². The Hall–Kier alpha value is -3.13. The maximum atomic E-state index is 12.6. The van der Waals surface area contributed by atoms with Crippen molar-refractivity contribution in [3.05, 3.63) is 60.6 Å². The second-order valence-corrected chi connectivity index (χ2v) is 9.94. The number of halogens is 1. The van der Waals surface area contributed by atoms with Crippen molar-refractivity contribution in [1.29, 1.82) is 0 Å². The number of aliphatic imine (C=N–C) groups is 1. The summed E-state index contributed by atoms with van der Waals surface area (Å²) in [4.78, 5) is 37.4. The molecule has 1 aromatic carbocycles. The van der Waals surface area contributed by atoms with E-state index < -0.39 is 22.3 Å². The molecule has 2 saturated carbocycles. The van der Waals surface area contributed by atoms with Crippen LogP contribution in [0.5, 0.6) is 0 Å². The van der Waals surface area contributed by atoms with E-state index in [9.17, 15) is 14.7 Å². The van der Waals surface area contributed by atoms with Gasteiger partial charge in [0.1, 0.15) is 10.6 Å². The number of aliphatic carboxylic acids is 1. The number of pyridine rings is 2. The first-order valence-electron chi connectivity index (χ1n) is 11.5. The summed E-state index contributed by atoms with van der Waals surface area (Å²) in [5.74, 6) is -0.112. The van der Waals surface area contributed by atoms with Crippen LogP contribution in [-0.4, -0.2) is 43.4 Å². The number of hydrogen-bond donors (Lipinski definition) is 2. The van der Waals surface area contributed by atoms with Gasteiger partial charge in [-0.3, -0.25) is 14.8 Å². The van der Waals surface area contributed by atoms with Gasteiger partial charge in [0.25, 0.3) is 0 Å². The number of nitrogens with one attached hydrogen (secondary N) is 1. The van der Waals surface area contributed by atoms with Crippen molar-refractivity contribution >= 4 is 55.7 Å². The van der Waals surface area contributed by atoms with Crippen molar-refractivity contribution in [2.24, 2.45) is 10.4 Å². The summed E-state index contributed by atoms with van der Waals surface area (Å²) in [5, 5.41) is 15.1. The number of benzene rings is 1. The number of hydrogen-bond acceptors (Lipinski definition) is 6. The first-order chi connectivity index (χ1) is 16.5. The summed E-state index contributed by atoms with van der Waals surface area (Å²) in [7, 11) is 0. The van der Waals surface area contributed by atoms with Crippen LogP contribution >= 0.6 is 15.9 Å². The minimum absolute atomic E-state index is 0.155. The Balaban J connectivity index is 1.33. The largest absolute Gasteiger partial charge is 0.480 e. The Morgan fingerprint density at radius 1 is 1.15 bits per heavy atom. The summed E-state index contributed by atoms with van der Waals surface area (Å²) in [6.07, 6.45) is 10.2. The number of anilines is 2. The Morgan fingerprint density at radius 3 is 2.62 bits per heavy atom. The van der Waals surface area contributed by atoms with E-state index in [0.29, 0.717) is 5.82 Å². The van der Waals surface area contributed by atoms with Crippen LogP contribution in [0.15, 0.2) is 60.0 Å².